The number of thiazole rings is 1. The Kier molecular flexibility index (Phi) is 5.36. The Hall–Kier alpha value is -1.96. The van der Waals surface area contributed by atoms with E-state index in [9.17, 15) is 0 Å². The fourth-order valence-corrected chi connectivity index (χ4v) is 3.62. The quantitative estimate of drug-likeness (QED) is 0.650. The van der Waals surface area contributed by atoms with Gasteiger partial charge in [-0.1, -0.05) is 51.9 Å². The lowest BCUT2D eigenvalue weighted by Crippen LogP contribution is -2.17. The molecule has 0 saturated heterocycles. The van der Waals surface area contributed by atoms with E-state index in [1.165, 1.54) is 0 Å². The minimum Gasteiger partial charge on any atom is -0.354 e. The summed E-state index contributed by atoms with van der Waals surface area (Å²) in [7, 11) is 5.89. The van der Waals surface area contributed by atoms with Crippen molar-refractivity contribution in [3.8, 4) is 11.4 Å². The van der Waals surface area contributed by atoms with Gasteiger partial charge in [-0.25, -0.2) is 4.98 Å². The smallest absolute Gasteiger partial charge is 0.241 e. The second kappa shape index (κ2) is 7.51. The van der Waals surface area contributed by atoms with E-state index in [0.29, 0.717) is 30.0 Å². The van der Waals surface area contributed by atoms with Crippen molar-refractivity contribution in [1.29, 1.82) is 0 Å². The monoisotopic (exact) mass is 377 g/mol. The summed E-state index contributed by atoms with van der Waals surface area (Å²) in [6, 6.07) is 8.05. The molecule has 0 N–H and O–H groups in total. The van der Waals surface area contributed by atoms with E-state index < -0.39 is 0 Å². The predicted octanol–water partition coefficient (Wildman–Crippen LogP) is 3.85. The maximum atomic E-state index is 6.23. The highest BCUT2D eigenvalue weighted by Gasteiger charge is 2.15. The summed E-state index contributed by atoms with van der Waals surface area (Å²) in [6.45, 7) is 3.26. The van der Waals surface area contributed by atoms with Gasteiger partial charge in [0.05, 0.1) is 11.4 Å². The Bertz CT molecular complexity index is 860. The van der Waals surface area contributed by atoms with Crippen molar-refractivity contribution >= 4 is 28.1 Å². The Labute approximate surface area is 156 Å². The van der Waals surface area contributed by atoms with Crippen LogP contribution in [0.25, 0.3) is 11.4 Å². The summed E-state index contributed by atoms with van der Waals surface area (Å²) in [5.41, 5.74) is 2.12. The molecule has 8 heteroatoms. The molecule has 0 aliphatic heterocycles. The summed E-state index contributed by atoms with van der Waals surface area (Å²) in [5.74, 6) is 1.19. The molecule has 0 aliphatic rings. The van der Waals surface area contributed by atoms with Crippen molar-refractivity contribution < 1.29 is 4.52 Å². The topological polar surface area (TPSA) is 58.3 Å². The van der Waals surface area contributed by atoms with Crippen LogP contribution in [0.5, 0.6) is 0 Å². The third-order valence-corrected chi connectivity index (χ3v) is 5.22. The summed E-state index contributed by atoms with van der Waals surface area (Å²) < 4.78 is 5.38. The molecule has 0 spiro atoms. The standard InChI is InChI=1S/C17H20ClN5OS/c1-11-6-5-7-12(8-11)16-19-14(24-21-16)10-23(4)9-13-15(18)20-17(25-13)22(2)3/h5-8H,9-10H2,1-4H3. The van der Waals surface area contributed by atoms with Gasteiger partial charge in [0.25, 0.3) is 0 Å². The van der Waals surface area contributed by atoms with Gasteiger partial charge >= 0.3 is 0 Å². The largest absolute Gasteiger partial charge is 0.354 e. The van der Waals surface area contributed by atoms with Crippen LogP contribution in [0.1, 0.15) is 16.3 Å². The first-order valence-electron chi connectivity index (χ1n) is 7.83. The third kappa shape index (κ3) is 4.36. The van der Waals surface area contributed by atoms with Crippen LogP contribution in [0, 0.1) is 6.92 Å². The van der Waals surface area contributed by atoms with Crippen molar-refractivity contribution in [3.63, 3.8) is 0 Å². The average molecular weight is 378 g/mol. The van der Waals surface area contributed by atoms with Crippen LogP contribution in [0.3, 0.4) is 0 Å². The highest BCUT2D eigenvalue weighted by Crippen LogP contribution is 2.29. The first-order valence-corrected chi connectivity index (χ1v) is 9.02. The molecule has 25 heavy (non-hydrogen) atoms. The number of aryl methyl sites for hydroxylation is 1. The molecule has 6 nitrogen and oxygen atoms in total. The zero-order chi connectivity index (χ0) is 18.0. The van der Waals surface area contributed by atoms with Gasteiger partial charge < -0.3 is 9.42 Å². The molecule has 0 bridgehead atoms. The zero-order valence-electron chi connectivity index (χ0n) is 14.7. The highest BCUT2D eigenvalue weighted by atomic mass is 35.5. The summed E-state index contributed by atoms with van der Waals surface area (Å²) in [5, 5.41) is 5.52. The molecule has 2 aromatic heterocycles. The molecule has 0 aliphatic carbocycles. The van der Waals surface area contributed by atoms with E-state index in [-0.39, 0.29) is 0 Å². The number of halogens is 1. The van der Waals surface area contributed by atoms with Crippen LogP contribution in [0.2, 0.25) is 5.15 Å². The zero-order valence-corrected chi connectivity index (χ0v) is 16.2. The van der Waals surface area contributed by atoms with Gasteiger partial charge in [-0.3, -0.25) is 4.90 Å². The third-order valence-electron chi connectivity index (χ3n) is 3.58. The van der Waals surface area contributed by atoms with Crippen molar-refractivity contribution in [2.24, 2.45) is 0 Å². The molecule has 0 unspecified atom stereocenters. The van der Waals surface area contributed by atoms with Gasteiger partial charge in [0, 0.05) is 26.2 Å². The number of hydrogen-bond acceptors (Lipinski definition) is 7. The summed E-state index contributed by atoms with van der Waals surface area (Å²) in [4.78, 5) is 13.9. The van der Waals surface area contributed by atoms with Crippen molar-refractivity contribution in [2.75, 3.05) is 26.0 Å². The molecule has 0 saturated carbocycles. The minimum atomic E-state index is 0.546. The number of anilines is 1. The normalized spacial score (nSPS) is 11.3. The fraction of sp³-hybridized carbons (Fsp3) is 0.353. The van der Waals surface area contributed by atoms with Crippen LogP contribution in [0.4, 0.5) is 5.13 Å². The molecule has 0 radical (unpaired) electrons. The fourth-order valence-electron chi connectivity index (χ4n) is 2.36. The van der Waals surface area contributed by atoms with Gasteiger partial charge in [-0.15, -0.1) is 0 Å². The van der Waals surface area contributed by atoms with E-state index in [0.717, 1.165) is 21.1 Å². The first kappa shape index (κ1) is 17.8. The van der Waals surface area contributed by atoms with Crippen LogP contribution >= 0.6 is 22.9 Å². The van der Waals surface area contributed by atoms with Gasteiger partial charge in [-0.05, 0) is 20.0 Å². The van der Waals surface area contributed by atoms with Crippen molar-refractivity contribution in [3.05, 3.63) is 45.7 Å². The van der Waals surface area contributed by atoms with Gasteiger partial charge in [0.2, 0.25) is 11.7 Å². The molecular weight excluding hydrogens is 358 g/mol. The molecule has 3 rings (SSSR count). The number of benzene rings is 1. The Morgan fingerprint density at radius 1 is 1.16 bits per heavy atom. The number of rotatable bonds is 6. The van der Waals surface area contributed by atoms with Crippen LogP contribution in [-0.2, 0) is 13.1 Å². The predicted molar refractivity (Wildman–Crippen MR) is 101 cm³/mol. The summed E-state index contributed by atoms with van der Waals surface area (Å²) >= 11 is 7.81. The molecule has 0 fully saturated rings. The Morgan fingerprint density at radius 3 is 2.64 bits per heavy atom. The van der Waals surface area contributed by atoms with Crippen LogP contribution in [0.15, 0.2) is 28.8 Å². The highest BCUT2D eigenvalue weighted by molar-refractivity contribution is 7.16. The molecule has 1 aromatic carbocycles. The lowest BCUT2D eigenvalue weighted by Gasteiger charge is -2.12. The summed E-state index contributed by atoms with van der Waals surface area (Å²) in [6.07, 6.45) is 0. The second-order valence-electron chi connectivity index (χ2n) is 6.16. The molecule has 2 heterocycles. The number of aromatic nitrogens is 3. The van der Waals surface area contributed by atoms with E-state index in [1.807, 2.05) is 57.2 Å². The van der Waals surface area contributed by atoms with Crippen LogP contribution < -0.4 is 4.90 Å². The molecular formula is C17H20ClN5OS. The van der Waals surface area contributed by atoms with E-state index in [1.54, 1.807) is 11.3 Å². The number of nitrogens with zero attached hydrogens (tertiary/aromatic N) is 5. The van der Waals surface area contributed by atoms with Crippen molar-refractivity contribution in [1.82, 2.24) is 20.0 Å². The Balaban J connectivity index is 1.67. The van der Waals surface area contributed by atoms with E-state index >= 15 is 0 Å². The van der Waals surface area contributed by atoms with Gasteiger partial charge in [0.1, 0.15) is 5.15 Å². The first-order chi connectivity index (χ1) is 11.9. The van der Waals surface area contributed by atoms with Gasteiger partial charge in [0.15, 0.2) is 5.13 Å². The second-order valence-corrected chi connectivity index (χ2v) is 7.58. The van der Waals surface area contributed by atoms with Gasteiger partial charge in [-0.2, -0.15) is 4.98 Å². The molecule has 3 aromatic rings. The lowest BCUT2D eigenvalue weighted by molar-refractivity contribution is 0.262. The molecule has 0 atom stereocenters. The lowest BCUT2D eigenvalue weighted by atomic mass is 10.1. The molecule has 132 valence electrons. The number of hydrogen-bond donors (Lipinski definition) is 0. The minimum absolute atomic E-state index is 0.546. The molecule has 0 amide bonds. The van der Waals surface area contributed by atoms with Crippen LogP contribution in [-0.4, -0.2) is 41.2 Å². The maximum Gasteiger partial charge on any atom is 0.241 e. The maximum absolute atomic E-state index is 6.23. The van der Waals surface area contributed by atoms with Crippen molar-refractivity contribution in [2.45, 2.75) is 20.0 Å². The van der Waals surface area contributed by atoms with E-state index in [4.69, 9.17) is 16.1 Å². The average Bonchev–Trinajstić information content (AvgIpc) is 3.15. The van der Waals surface area contributed by atoms with E-state index in [2.05, 4.69) is 20.0 Å². The SMILES string of the molecule is Cc1cccc(-c2noc(CN(C)Cc3sc(N(C)C)nc3Cl)n2)c1. The Morgan fingerprint density at radius 2 is 1.96 bits per heavy atom.